The normalized spacial score (nSPS) is 17.8. The smallest absolute Gasteiger partial charge is 0.326 e. The van der Waals surface area contributed by atoms with Gasteiger partial charge < -0.3 is 24.9 Å². The van der Waals surface area contributed by atoms with Crippen LogP contribution in [0.3, 0.4) is 0 Å². The van der Waals surface area contributed by atoms with Crippen molar-refractivity contribution in [1.82, 2.24) is 15.1 Å². The van der Waals surface area contributed by atoms with Crippen LogP contribution in [0.5, 0.6) is 5.75 Å². The molecular weight excluding hydrogens is 676 g/mol. The van der Waals surface area contributed by atoms with E-state index < -0.39 is 17.7 Å². The number of aldehydes is 1. The van der Waals surface area contributed by atoms with Crippen molar-refractivity contribution in [3.63, 3.8) is 0 Å². The van der Waals surface area contributed by atoms with E-state index in [1.54, 1.807) is 35.2 Å². The number of urea groups is 1. The fourth-order valence-corrected chi connectivity index (χ4v) is 5.87. The Morgan fingerprint density at radius 3 is 2.43 bits per heavy atom. The molecule has 46 heavy (non-hydrogen) atoms. The Hall–Kier alpha value is -4.06. The summed E-state index contributed by atoms with van der Waals surface area (Å²) in [5.41, 5.74) is 1.79. The van der Waals surface area contributed by atoms with Gasteiger partial charge in [0.05, 0.1) is 18.0 Å². The molecule has 0 aliphatic carbocycles. The van der Waals surface area contributed by atoms with E-state index in [-0.39, 0.29) is 30.7 Å². The number of aliphatic hydroxyl groups is 1. The third-order valence-electron chi connectivity index (χ3n) is 7.21. The second kappa shape index (κ2) is 15.0. The van der Waals surface area contributed by atoms with Crippen molar-refractivity contribution < 1.29 is 29.0 Å². The number of amides is 3. The van der Waals surface area contributed by atoms with Gasteiger partial charge >= 0.3 is 6.03 Å². The van der Waals surface area contributed by atoms with Crippen LogP contribution < -0.4 is 10.1 Å². The summed E-state index contributed by atoms with van der Waals surface area (Å²) in [5.74, 6) is 0.0776. The molecule has 1 saturated heterocycles. The molecule has 0 spiro atoms. The number of piperazine rings is 1. The number of amidine groups is 1. The summed E-state index contributed by atoms with van der Waals surface area (Å²) in [5, 5.41) is 10.3. The molecule has 12 heteroatoms. The Bertz CT molecular complexity index is 1640. The molecule has 0 aromatic heterocycles. The first kappa shape index (κ1) is 34.8. The lowest BCUT2D eigenvalue weighted by atomic mass is 9.93. The van der Waals surface area contributed by atoms with E-state index >= 15 is 0 Å². The van der Waals surface area contributed by atoms with Crippen LogP contribution >= 0.6 is 27.5 Å². The summed E-state index contributed by atoms with van der Waals surface area (Å²) in [7, 11) is 1.00. The molecule has 1 fully saturated rings. The number of aliphatic hydroxyl groups excluding tert-OH is 1. The molecule has 0 bridgehead atoms. The van der Waals surface area contributed by atoms with Crippen molar-refractivity contribution in [2.45, 2.75) is 44.9 Å². The zero-order chi connectivity index (χ0) is 33.6. The number of aliphatic imine (C=N–C) groups is 1. The number of carbonyl (C=O) groups is 4. The molecule has 2 N–H and O–H groups in total. The first-order valence-electron chi connectivity index (χ1n) is 14.6. The van der Waals surface area contributed by atoms with Crippen LogP contribution in [0.4, 0.5) is 4.79 Å². The van der Waals surface area contributed by atoms with Gasteiger partial charge in [-0.15, -0.1) is 0 Å². The molecule has 2 heterocycles. The van der Waals surface area contributed by atoms with Crippen LogP contribution in [0.15, 0.2) is 76.2 Å². The number of carbonyl (C=O) groups excluding carboxylic acids is 4. The molecule has 2 unspecified atom stereocenters. The van der Waals surface area contributed by atoms with Gasteiger partial charge in [-0.05, 0) is 68.3 Å². The lowest BCUT2D eigenvalue weighted by Crippen LogP contribution is -2.55. The number of hydrogen-bond acceptors (Lipinski definition) is 7. The molecule has 3 aromatic carbocycles. The van der Waals surface area contributed by atoms with E-state index in [0.29, 0.717) is 47.1 Å². The number of halogens is 2. The maximum Gasteiger partial charge on any atom is 0.326 e. The van der Waals surface area contributed by atoms with E-state index in [1.807, 2.05) is 57.2 Å². The fourth-order valence-electron chi connectivity index (χ4n) is 5.33. The first-order valence-corrected chi connectivity index (χ1v) is 15.8. The average molecular weight is 712 g/mol. The van der Waals surface area contributed by atoms with Crippen molar-refractivity contribution in [1.29, 1.82) is 0 Å². The third-order valence-corrected chi connectivity index (χ3v) is 7.96. The monoisotopic (exact) mass is 710 g/mol. The van der Waals surface area contributed by atoms with Gasteiger partial charge in [-0.3, -0.25) is 19.5 Å². The minimum Gasteiger partial charge on any atom is -0.487 e. The SMILES string of the molecule is CC(C)(C)Oc1cc(C(=O)CC=O)ccc1C1=NC(c2ccc(Cl)cc2)C(c2cccc(Br)c2)N1C(=O)N1CCNC(=O)C1.CO. The van der Waals surface area contributed by atoms with Crippen LogP contribution in [0.1, 0.15) is 66.3 Å². The van der Waals surface area contributed by atoms with Gasteiger partial charge in [0.25, 0.3) is 0 Å². The van der Waals surface area contributed by atoms with Crippen molar-refractivity contribution in [3.05, 3.63) is 98.5 Å². The summed E-state index contributed by atoms with van der Waals surface area (Å²) < 4.78 is 7.19. The summed E-state index contributed by atoms with van der Waals surface area (Å²) >= 11 is 9.82. The van der Waals surface area contributed by atoms with Gasteiger partial charge in [0.15, 0.2) is 5.78 Å². The standard InChI is InChI=1S/C33H32BrClN4O5.CH4O/c1-33(2,3)44-27-18-21(26(41)13-16-40)9-12-25(27)31-37-29(20-7-10-24(35)11-8-20)30(22-5-4-6-23(34)17-22)39(31)32(43)38-15-14-36-28(42)19-38;1-2/h4-12,16-18,29-30H,13-15,19H2,1-3H3,(H,36,42);2H,1H3. The number of ether oxygens (including phenoxy) is 1. The molecule has 2 aliphatic rings. The van der Waals surface area contributed by atoms with Gasteiger partial charge in [-0.1, -0.05) is 57.9 Å². The number of hydrogen-bond donors (Lipinski definition) is 2. The Labute approximate surface area is 281 Å². The highest BCUT2D eigenvalue weighted by atomic mass is 79.9. The number of nitrogens with zero attached hydrogens (tertiary/aromatic N) is 3. The minimum absolute atomic E-state index is 0.0933. The molecule has 2 aliphatic heterocycles. The van der Waals surface area contributed by atoms with Crippen molar-refractivity contribution in [2.75, 3.05) is 26.7 Å². The van der Waals surface area contributed by atoms with Gasteiger partial charge in [0.2, 0.25) is 5.91 Å². The number of rotatable bonds is 7. The van der Waals surface area contributed by atoms with Crippen LogP contribution in [0.2, 0.25) is 5.02 Å². The van der Waals surface area contributed by atoms with Crippen molar-refractivity contribution in [3.8, 4) is 5.75 Å². The lowest BCUT2D eigenvalue weighted by Gasteiger charge is -2.36. The molecule has 10 nitrogen and oxygen atoms in total. The van der Waals surface area contributed by atoms with E-state index in [4.69, 9.17) is 26.4 Å². The number of benzene rings is 3. The molecule has 5 rings (SSSR count). The lowest BCUT2D eigenvalue weighted by molar-refractivity contribution is -0.123. The van der Waals surface area contributed by atoms with Crippen LogP contribution in [0, 0.1) is 0 Å². The third kappa shape index (κ3) is 8.01. The fraction of sp³-hybridized carbons (Fsp3) is 0.324. The van der Waals surface area contributed by atoms with E-state index in [9.17, 15) is 19.2 Å². The predicted molar refractivity (Wildman–Crippen MR) is 179 cm³/mol. The van der Waals surface area contributed by atoms with E-state index in [1.165, 1.54) is 4.90 Å². The van der Waals surface area contributed by atoms with E-state index in [0.717, 1.165) is 22.7 Å². The largest absolute Gasteiger partial charge is 0.487 e. The van der Waals surface area contributed by atoms with Crippen molar-refractivity contribution >= 4 is 57.4 Å². The molecule has 3 amide bonds. The zero-order valence-corrected chi connectivity index (χ0v) is 28.3. The molecule has 2 atom stereocenters. The average Bonchev–Trinajstić information content (AvgIpc) is 3.41. The Morgan fingerprint density at radius 2 is 1.80 bits per heavy atom. The summed E-state index contributed by atoms with van der Waals surface area (Å²) in [6.45, 7) is 6.20. The summed E-state index contributed by atoms with van der Waals surface area (Å²) in [4.78, 5) is 59.0. The number of ketones is 1. The van der Waals surface area contributed by atoms with E-state index in [2.05, 4.69) is 21.2 Å². The predicted octanol–water partition coefficient (Wildman–Crippen LogP) is 5.76. The highest BCUT2D eigenvalue weighted by Gasteiger charge is 2.45. The second-order valence-corrected chi connectivity index (χ2v) is 12.9. The molecule has 0 radical (unpaired) electrons. The maximum absolute atomic E-state index is 14.5. The molecule has 242 valence electrons. The van der Waals surface area contributed by atoms with Crippen LogP contribution in [-0.2, 0) is 9.59 Å². The van der Waals surface area contributed by atoms with Crippen LogP contribution in [0.25, 0.3) is 0 Å². The maximum atomic E-state index is 14.5. The summed E-state index contributed by atoms with van der Waals surface area (Å²) in [6, 6.07) is 18.4. The molecular formula is C34H36BrClN4O6. The van der Waals surface area contributed by atoms with Gasteiger partial charge in [-0.25, -0.2) is 4.79 Å². The molecule has 0 saturated carbocycles. The quantitative estimate of drug-likeness (QED) is 0.182. The number of nitrogens with one attached hydrogen (secondary N) is 1. The highest BCUT2D eigenvalue weighted by Crippen LogP contribution is 2.46. The Kier molecular flexibility index (Phi) is 11.4. The van der Waals surface area contributed by atoms with Crippen molar-refractivity contribution in [2.24, 2.45) is 4.99 Å². The molecule has 3 aromatic rings. The van der Waals surface area contributed by atoms with Gasteiger partial charge in [0, 0.05) is 35.3 Å². The Morgan fingerprint density at radius 1 is 1.09 bits per heavy atom. The highest BCUT2D eigenvalue weighted by molar-refractivity contribution is 9.10. The topological polar surface area (TPSA) is 129 Å². The first-order chi connectivity index (χ1) is 21.9. The number of Topliss-reactive ketones (excluding diaryl/α,β-unsaturated/α-hetero) is 1. The summed E-state index contributed by atoms with van der Waals surface area (Å²) in [6.07, 6.45) is 0.302. The minimum atomic E-state index is -0.667. The second-order valence-electron chi connectivity index (χ2n) is 11.6. The Balaban J connectivity index is 0.00000235. The van der Waals surface area contributed by atoms with Gasteiger partial charge in [0.1, 0.15) is 36.1 Å². The zero-order valence-electron chi connectivity index (χ0n) is 26.0. The van der Waals surface area contributed by atoms with Crippen LogP contribution in [-0.4, -0.2) is 77.1 Å². The van der Waals surface area contributed by atoms with Gasteiger partial charge in [-0.2, -0.15) is 0 Å².